The smallest absolute Gasteiger partial charge is 0.157 e. The molecule has 1 aliphatic heterocycles. The van der Waals surface area contributed by atoms with Gasteiger partial charge in [-0.05, 0) is 56.8 Å². The van der Waals surface area contributed by atoms with Gasteiger partial charge in [-0.15, -0.1) is 0 Å². The lowest BCUT2D eigenvalue weighted by atomic mass is 10.1. The van der Waals surface area contributed by atoms with Crippen LogP contribution < -0.4 is 0 Å². The van der Waals surface area contributed by atoms with Gasteiger partial charge in [0.25, 0.3) is 0 Å². The van der Waals surface area contributed by atoms with E-state index in [-0.39, 0.29) is 6.29 Å². The Labute approximate surface area is 134 Å². The van der Waals surface area contributed by atoms with Gasteiger partial charge in [0.15, 0.2) is 6.29 Å². The predicted molar refractivity (Wildman–Crippen MR) is 87.9 cm³/mol. The van der Waals surface area contributed by atoms with Gasteiger partial charge in [-0.3, -0.25) is 4.90 Å². The SMILES string of the molecule is CCN(CCCOC1CCCCO1)C(C)c1cccc(O)c1. The van der Waals surface area contributed by atoms with Crippen LogP contribution in [0.5, 0.6) is 5.75 Å². The van der Waals surface area contributed by atoms with E-state index < -0.39 is 0 Å². The summed E-state index contributed by atoms with van der Waals surface area (Å²) in [6.45, 7) is 7.90. The molecule has 0 aliphatic carbocycles. The minimum Gasteiger partial charge on any atom is -0.508 e. The molecule has 1 aromatic carbocycles. The molecule has 0 bridgehead atoms. The average Bonchev–Trinajstić information content (AvgIpc) is 2.55. The second-order valence-electron chi connectivity index (χ2n) is 5.92. The summed E-state index contributed by atoms with van der Waals surface area (Å²) in [6.07, 6.45) is 4.39. The van der Waals surface area contributed by atoms with Gasteiger partial charge in [0, 0.05) is 19.2 Å². The molecule has 0 amide bonds. The summed E-state index contributed by atoms with van der Waals surface area (Å²) in [4.78, 5) is 2.40. The molecule has 2 rings (SSSR count). The monoisotopic (exact) mass is 307 g/mol. The van der Waals surface area contributed by atoms with Crippen molar-refractivity contribution in [3.8, 4) is 5.75 Å². The minimum atomic E-state index is 0.00678. The van der Waals surface area contributed by atoms with Crippen LogP contribution in [0.4, 0.5) is 0 Å². The Balaban J connectivity index is 1.74. The van der Waals surface area contributed by atoms with Crippen LogP contribution >= 0.6 is 0 Å². The highest BCUT2D eigenvalue weighted by Crippen LogP contribution is 2.23. The van der Waals surface area contributed by atoms with Crippen LogP contribution in [0, 0.1) is 0 Å². The lowest BCUT2D eigenvalue weighted by molar-refractivity contribution is -0.163. The van der Waals surface area contributed by atoms with E-state index in [1.807, 2.05) is 12.1 Å². The summed E-state index contributed by atoms with van der Waals surface area (Å²) in [6, 6.07) is 7.82. The van der Waals surface area contributed by atoms with Crippen LogP contribution in [0.15, 0.2) is 24.3 Å². The first-order chi connectivity index (χ1) is 10.7. The van der Waals surface area contributed by atoms with Gasteiger partial charge >= 0.3 is 0 Å². The fourth-order valence-electron chi connectivity index (χ4n) is 2.95. The molecular weight excluding hydrogens is 278 g/mol. The molecule has 1 heterocycles. The van der Waals surface area contributed by atoms with Crippen LogP contribution in [-0.2, 0) is 9.47 Å². The molecule has 1 saturated heterocycles. The molecule has 124 valence electrons. The zero-order valence-corrected chi connectivity index (χ0v) is 13.8. The van der Waals surface area contributed by atoms with Crippen molar-refractivity contribution < 1.29 is 14.6 Å². The lowest BCUT2D eigenvalue weighted by Gasteiger charge is -2.29. The van der Waals surface area contributed by atoms with E-state index in [4.69, 9.17) is 9.47 Å². The largest absolute Gasteiger partial charge is 0.508 e. The average molecular weight is 307 g/mol. The molecule has 22 heavy (non-hydrogen) atoms. The third-order valence-electron chi connectivity index (χ3n) is 4.34. The first-order valence-corrected chi connectivity index (χ1v) is 8.47. The second-order valence-corrected chi connectivity index (χ2v) is 5.92. The Hall–Kier alpha value is -1.10. The summed E-state index contributed by atoms with van der Waals surface area (Å²) < 4.78 is 11.4. The quantitative estimate of drug-likeness (QED) is 0.743. The van der Waals surface area contributed by atoms with Gasteiger partial charge in [0.2, 0.25) is 0 Å². The third kappa shape index (κ3) is 5.27. The van der Waals surface area contributed by atoms with Gasteiger partial charge in [0.1, 0.15) is 5.75 Å². The van der Waals surface area contributed by atoms with Crippen LogP contribution in [-0.4, -0.2) is 42.6 Å². The zero-order chi connectivity index (χ0) is 15.8. The molecule has 1 N–H and O–H groups in total. The molecule has 4 heteroatoms. The number of phenolic OH excluding ortho intramolecular Hbond substituents is 1. The van der Waals surface area contributed by atoms with Crippen molar-refractivity contribution in [3.63, 3.8) is 0 Å². The van der Waals surface area contributed by atoms with E-state index >= 15 is 0 Å². The third-order valence-corrected chi connectivity index (χ3v) is 4.34. The van der Waals surface area contributed by atoms with Gasteiger partial charge in [-0.1, -0.05) is 19.1 Å². The fourth-order valence-corrected chi connectivity index (χ4v) is 2.95. The lowest BCUT2D eigenvalue weighted by Crippen LogP contribution is -2.29. The standard InChI is InChI=1S/C18H29NO3/c1-3-19(15(2)16-8-6-9-17(20)14-16)11-7-13-22-18-10-4-5-12-21-18/h6,8-9,14-15,18,20H,3-5,7,10-13H2,1-2H3. The minimum absolute atomic E-state index is 0.00678. The van der Waals surface area contributed by atoms with Crippen molar-refractivity contribution in [2.45, 2.75) is 51.9 Å². The first kappa shape index (κ1) is 17.3. The molecule has 0 saturated carbocycles. The highest BCUT2D eigenvalue weighted by atomic mass is 16.7. The number of phenols is 1. The summed E-state index contributed by atoms with van der Waals surface area (Å²) in [5.74, 6) is 0.332. The molecule has 4 nitrogen and oxygen atoms in total. The maximum Gasteiger partial charge on any atom is 0.157 e. The molecule has 0 spiro atoms. The second kappa shape index (κ2) is 9.13. The Kier molecular flexibility index (Phi) is 7.16. The molecule has 0 aromatic heterocycles. The van der Waals surface area contributed by atoms with Crippen molar-refractivity contribution in [3.05, 3.63) is 29.8 Å². The summed E-state index contributed by atoms with van der Waals surface area (Å²) in [5, 5.41) is 9.62. The van der Waals surface area contributed by atoms with Crippen molar-refractivity contribution >= 4 is 0 Å². The molecule has 1 aromatic rings. The van der Waals surface area contributed by atoms with Gasteiger partial charge in [-0.25, -0.2) is 0 Å². The van der Waals surface area contributed by atoms with Crippen LogP contribution in [0.25, 0.3) is 0 Å². The van der Waals surface area contributed by atoms with E-state index in [0.717, 1.165) is 51.1 Å². The molecule has 1 aliphatic rings. The van der Waals surface area contributed by atoms with Gasteiger partial charge in [-0.2, -0.15) is 0 Å². The maximum absolute atomic E-state index is 9.62. The molecule has 2 unspecified atom stereocenters. The van der Waals surface area contributed by atoms with E-state index in [0.29, 0.717) is 11.8 Å². The normalized spacial score (nSPS) is 20.2. The zero-order valence-electron chi connectivity index (χ0n) is 13.8. The van der Waals surface area contributed by atoms with Crippen LogP contribution in [0.1, 0.15) is 51.1 Å². The Morgan fingerprint density at radius 3 is 2.95 bits per heavy atom. The van der Waals surface area contributed by atoms with E-state index in [1.54, 1.807) is 6.07 Å². The number of ether oxygens (including phenoxy) is 2. The number of hydrogen-bond donors (Lipinski definition) is 1. The molecule has 1 fully saturated rings. The number of rotatable bonds is 8. The number of nitrogens with zero attached hydrogens (tertiary/aromatic N) is 1. The highest BCUT2D eigenvalue weighted by Gasteiger charge is 2.16. The van der Waals surface area contributed by atoms with Gasteiger partial charge < -0.3 is 14.6 Å². The van der Waals surface area contributed by atoms with E-state index in [1.165, 1.54) is 6.42 Å². The van der Waals surface area contributed by atoms with Gasteiger partial charge in [0.05, 0.1) is 6.61 Å². The van der Waals surface area contributed by atoms with Crippen molar-refractivity contribution in [2.75, 3.05) is 26.3 Å². The summed E-state index contributed by atoms with van der Waals surface area (Å²) >= 11 is 0. The van der Waals surface area contributed by atoms with Crippen molar-refractivity contribution in [2.24, 2.45) is 0 Å². The topological polar surface area (TPSA) is 41.9 Å². The van der Waals surface area contributed by atoms with Crippen molar-refractivity contribution in [1.29, 1.82) is 0 Å². The van der Waals surface area contributed by atoms with Crippen LogP contribution in [0.2, 0.25) is 0 Å². The highest BCUT2D eigenvalue weighted by molar-refractivity contribution is 5.29. The summed E-state index contributed by atoms with van der Waals surface area (Å²) in [5.41, 5.74) is 1.15. The Morgan fingerprint density at radius 2 is 2.27 bits per heavy atom. The van der Waals surface area contributed by atoms with E-state index in [9.17, 15) is 5.11 Å². The Morgan fingerprint density at radius 1 is 1.41 bits per heavy atom. The maximum atomic E-state index is 9.62. The Bertz CT molecular complexity index is 432. The van der Waals surface area contributed by atoms with E-state index in [2.05, 4.69) is 24.8 Å². The number of hydrogen-bond acceptors (Lipinski definition) is 4. The predicted octanol–water partition coefficient (Wildman–Crippen LogP) is 3.71. The molecular formula is C18H29NO3. The summed E-state index contributed by atoms with van der Waals surface area (Å²) in [7, 11) is 0. The fraction of sp³-hybridized carbons (Fsp3) is 0.667. The van der Waals surface area contributed by atoms with Crippen LogP contribution in [0.3, 0.4) is 0 Å². The van der Waals surface area contributed by atoms with Crippen molar-refractivity contribution in [1.82, 2.24) is 4.90 Å². The number of aromatic hydroxyl groups is 1. The first-order valence-electron chi connectivity index (χ1n) is 8.47. The molecule has 0 radical (unpaired) electrons. The number of benzene rings is 1. The molecule has 2 atom stereocenters.